The number of nitrogens with zero attached hydrogens (tertiary/aromatic N) is 1. The van der Waals surface area contributed by atoms with Gasteiger partial charge >= 0.3 is 0 Å². The molecule has 0 aliphatic carbocycles. The van der Waals surface area contributed by atoms with Gasteiger partial charge in [-0.2, -0.15) is 0 Å². The molecule has 0 saturated heterocycles. The first-order valence-electron chi connectivity index (χ1n) is 8.81. The van der Waals surface area contributed by atoms with Crippen LogP contribution in [0.5, 0.6) is 5.75 Å². The average molecular weight is 321 g/mol. The van der Waals surface area contributed by atoms with Crippen molar-refractivity contribution in [1.29, 1.82) is 0 Å². The molecule has 2 nitrogen and oxygen atoms in total. The third-order valence-electron chi connectivity index (χ3n) is 5.46. The van der Waals surface area contributed by atoms with Gasteiger partial charge in [0.25, 0.3) is 0 Å². The highest BCUT2D eigenvalue weighted by atomic mass is 16.3. The van der Waals surface area contributed by atoms with Crippen molar-refractivity contribution in [3.8, 4) is 5.75 Å². The summed E-state index contributed by atoms with van der Waals surface area (Å²) in [6, 6.07) is 19.2. The van der Waals surface area contributed by atoms with E-state index in [0.29, 0.717) is 17.8 Å². The minimum atomic E-state index is 0.334. The quantitative estimate of drug-likeness (QED) is 0.791. The smallest absolute Gasteiger partial charge is 0.115 e. The second kappa shape index (κ2) is 7.23. The van der Waals surface area contributed by atoms with Crippen LogP contribution in [-0.4, -0.2) is 22.6 Å². The predicted molar refractivity (Wildman–Crippen MR) is 100 cm³/mol. The fourth-order valence-electron chi connectivity index (χ4n) is 3.70. The van der Waals surface area contributed by atoms with E-state index in [0.717, 1.165) is 19.4 Å². The van der Waals surface area contributed by atoms with Gasteiger partial charge in [-0.25, -0.2) is 0 Å². The van der Waals surface area contributed by atoms with Crippen LogP contribution in [0, 0.1) is 0 Å². The minimum absolute atomic E-state index is 0.334. The van der Waals surface area contributed by atoms with Crippen molar-refractivity contribution in [3.05, 3.63) is 76.9 Å². The number of phenols is 1. The Morgan fingerprint density at radius 1 is 1.04 bits per heavy atom. The van der Waals surface area contributed by atoms with Crippen LogP contribution in [0.4, 0.5) is 0 Å². The highest BCUT2D eigenvalue weighted by Crippen LogP contribution is 2.33. The molecule has 0 unspecified atom stereocenters. The monoisotopic (exact) mass is 321 g/mol. The summed E-state index contributed by atoms with van der Waals surface area (Å²) >= 11 is 0. The molecule has 2 aromatic rings. The first kappa shape index (κ1) is 16.8. The van der Waals surface area contributed by atoms with E-state index in [2.05, 4.69) is 56.0 Å². The van der Waals surface area contributed by atoms with Gasteiger partial charge in [0.15, 0.2) is 0 Å². The van der Waals surface area contributed by atoms with E-state index in [-0.39, 0.29) is 0 Å². The van der Waals surface area contributed by atoms with Crippen LogP contribution < -0.4 is 0 Å². The van der Waals surface area contributed by atoms with Gasteiger partial charge in [0.2, 0.25) is 0 Å². The Morgan fingerprint density at radius 3 is 2.38 bits per heavy atom. The van der Waals surface area contributed by atoms with Crippen LogP contribution in [-0.2, 0) is 6.42 Å². The topological polar surface area (TPSA) is 23.5 Å². The zero-order valence-corrected chi connectivity index (χ0v) is 14.9. The molecule has 0 amide bonds. The van der Waals surface area contributed by atoms with Crippen molar-refractivity contribution in [1.82, 2.24) is 4.90 Å². The van der Waals surface area contributed by atoms with Crippen LogP contribution in [0.25, 0.3) is 0 Å². The van der Waals surface area contributed by atoms with Crippen molar-refractivity contribution >= 4 is 0 Å². The molecule has 2 heteroatoms. The van der Waals surface area contributed by atoms with Crippen molar-refractivity contribution < 1.29 is 5.11 Å². The Hall–Kier alpha value is -2.06. The lowest BCUT2D eigenvalue weighted by atomic mass is 9.88. The first-order valence-corrected chi connectivity index (χ1v) is 8.81. The van der Waals surface area contributed by atoms with Gasteiger partial charge in [0.1, 0.15) is 5.75 Å². The van der Waals surface area contributed by atoms with E-state index in [1.165, 1.54) is 22.3 Å². The summed E-state index contributed by atoms with van der Waals surface area (Å²) in [4.78, 5) is 2.63. The summed E-state index contributed by atoms with van der Waals surface area (Å²) in [7, 11) is 0. The molecule has 0 bridgehead atoms. The van der Waals surface area contributed by atoms with E-state index >= 15 is 0 Å². The molecule has 1 heterocycles. The molecule has 0 radical (unpaired) electrons. The van der Waals surface area contributed by atoms with Gasteiger partial charge in [-0.1, -0.05) is 53.6 Å². The maximum atomic E-state index is 9.53. The minimum Gasteiger partial charge on any atom is -0.508 e. The number of aromatic hydroxyl groups is 1. The Labute approximate surface area is 145 Å². The normalized spacial score (nSPS) is 20.2. The summed E-state index contributed by atoms with van der Waals surface area (Å²) in [5, 5.41) is 9.53. The molecule has 1 N–H and O–H groups in total. The molecular weight excluding hydrogens is 294 g/mol. The van der Waals surface area contributed by atoms with Crippen molar-refractivity contribution in [2.45, 2.75) is 45.7 Å². The number of hydrogen-bond acceptors (Lipinski definition) is 2. The highest BCUT2D eigenvalue weighted by molar-refractivity contribution is 5.30. The highest BCUT2D eigenvalue weighted by Gasteiger charge is 2.29. The molecule has 0 aromatic heterocycles. The van der Waals surface area contributed by atoms with Crippen molar-refractivity contribution in [2.75, 3.05) is 6.54 Å². The zero-order chi connectivity index (χ0) is 17.1. The lowest BCUT2D eigenvalue weighted by Crippen LogP contribution is -2.43. The standard InChI is InChI=1S/C22H27NO/c1-16-13-14-23(18(3)20-7-5-4-6-8-20)22(17(16)2)15-19-9-11-21(24)12-10-19/h4-12,18,22,24H,13-15H2,1-3H3/t18-,22+/m1/s1. The van der Waals surface area contributed by atoms with E-state index in [1.807, 2.05) is 12.1 Å². The molecule has 1 aliphatic heterocycles. The first-order chi connectivity index (χ1) is 11.6. The third-order valence-corrected chi connectivity index (χ3v) is 5.46. The Balaban J connectivity index is 1.88. The summed E-state index contributed by atoms with van der Waals surface area (Å²) in [6.07, 6.45) is 2.13. The molecular formula is C22H27NO. The van der Waals surface area contributed by atoms with E-state index in [4.69, 9.17) is 0 Å². The van der Waals surface area contributed by atoms with Gasteiger partial charge in [0.05, 0.1) is 0 Å². The van der Waals surface area contributed by atoms with Crippen LogP contribution in [0.15, 0.2) is 65.7 Å². The number of rotatable bonds is 4. The molecule has 2 aromatic carbocycles. The Morgan fingerprint density at radius 2 is 1.71 bits per heavy atom. The Bertz CT molecular complexity index is 703. The largest absolute Gasteiger partial charge is 0.508 e. The molecule has 2 atom stereocenters. The molecule has 0 saturated carbocycles. The van der Waals surface area contributed by atoms with Crippen LogP contribution in [0.3, 0.4) is 0 Å². The van der Waals surface area contributed by atoms with Gasteiger partial charge in [-0.15, -0.1) is 0 Å². The maximum Gasteiger partial charge on any atom is 0.115 e. The number of benzene rings is 2. The summed E-state index contributed by atoms with van der Waals surface area (Å²) < 4.78 is 0. The average Bonchev–Trinajstić information content (AvgIpc) is 2.61. The molecule has 126 valence electrons. The summed E-state index contributed by atoms with van der Waals surface area (Å²) in [5.41, 5.74) is 5.67. The maximum absolute atomic E-state index is 9.53. The number of hydrogen-bond donors (Lipinski definition) is 1. The van der Waals surface area contributed by atoms with E-state index in [9.17, 15) is 5.11 Å². The molecule has 24 heavy (non-hydrogen) atoms. The predicted octanol–water partition coefficient (Wildman–Crippen LogP) is 5.11. The molecule has 1 aliphatic rings. The van der Waals surface area contributed by atoms with Crippen molar-refractivity contribution in [2.24, 2.45) is 0 Å². The zero-order valence-electron chi connectivity index (χ0n) is 14.9. The lowest BCUT2D eigenvalue weighted by molar-refractivity contribution is 0.153. The molecule has 3 rings (SSSR count). The lowest BCUT2D eigenvalue weighted by Gasteiger charge is -2.41. The van der Waals surface area contributed by atoms with Crippen LogP contribution >= 0.6 is 0 Å². The molecule has 0 spiro atoms. The summed E-state index contributed by atoms with van der Waals surface area (Å²) in [5.74, 6) is 0.334. The SMILES string of the molecule is CC1=C(C)[C@H](Cc2ccc(O)cc2)N([C@H](C)c2ccccc2)CC1. The van der Waals surface area contributed by atoms with Gasteiger partial charge in [-0.3, -0.25) is 4.90 Å². The fraction of sp³-hybridized carbons (Fsp3) is 0.364. The summed E-state index contributed by atoms with van der Waals surface area (Å²) in [6.45, 7) is 7.96. The van der Waals surface area contributed by atoms with Crippen LogP contribution in [0.1, 0.15) is 44.4 Å². The van der Waals surface area contributed by atoms with Gasteiger partial charge < -0.3 is 5.11 Å². The number of phenolic OH excluding ortho intramolecular Hbond substituents is 1. The Kier molecular flexibility index (Phi) is 5.06. The van der Waals surface area contributed by atoms with Gasteiger partial charge in [-0.05, 0) is 56.9 Å². The fourth-order valence-corrected chi connectivity index (χ4v) is 3.70. The van der Waals surface area contributed by atoms with Gasteiger partial charge in [0, 0.05) is 18.6 Å². The van der Waals surface area contributed by atoms with Crippen molar-refractivity contribution in [3.63, 3.8) is 0 Å². The second-order valence-corrected chi connectivity index (χ2v) is 6.92. The van der Waals surface area contributed by atoms with E-state index < -0.39 is 0 Å². The van der Waals surface area contributed by atoms with Crippen LogP contribution in [0.2, 0.25) is 0 Å². The second-order valence-electron chi connectivity index (χ2n) is 6.92. The molecule has 0 fully saturated rings. The van der Waals surface area contributed by atoms with E-state index in [1.54, 1.807) is 12.1 Å². The third kappa shape index (κ3) is 3.54.